The van der Waals surface area contributed by atoms with Gasteiger partial charge in [-0.15, -0.1) is 0 Å². The van der Waals surface area contributed by atoms with Crippen molar-refractivity contribution < 1.29 is 9.84 Å². The van der Waals surface area contributed by atoms with Crippen molar-refractivity contribution in [1.82, 2.24) is 0 Å². The van der Waals surface area contributed by atoms with E-state index in [4.69, 9.17) is 15.1 Å². The van der Waals surface area contributed by atoms with E-state index in [2.05, 4.69) is 0 Å². The Kier molecular flexibility index (Phi) is 2.88. The van der Waals surface area contributed by atoms with E-state index in [1.54, 1.807) is 19.2 Å². The van der Waals surface area contributed by atoms with Crippen LogP contribution in [0.4, 0.5) is 0 Å². The van der Waals surface area contributed by atoms with Gasteiger partial charge in [0.1, 0.15) is 5.75 Å². The molecule has 0 bridgehead atoms. The van der Waals surface area contributed by atoms with Gasteiger partial charge < -0.3 is 9.84 Å². The number of aryl methyl sites for hydroxylation is 1. The number of rotatable bonds is 2. The van der Waals surface area contributed by atoms with E-state index in [1.165, 1.54) is 0 Å². The number of benzene rings is 1. The molecule has 68 valence electrons. The van der Waals surface area contributed by atoms with Crippen LogP contribution in [0.1, 0.15) is 16.7 Å². The third kappa shape index (κ3) is 1.79. The number of aliphatic hydroxyl groups excluding tert-OH is 1. The Hall–Kier alpha value is -1.53. The molecule has 0 saturated heterocycles. The number of hydrogen-bond donors (Lipinski definition) is 1. The number of hydrogen-bond acceptors (Lipinski definition) is 3. The lowest BCUT2D eigenvalue weighted by molar-refractivity contribution is 0.280. The minimum absolute atomic E-state index is 0.139. The molecule has 1 rings (SSSR count). The highest BCUT2D eigenvalue weighted by molar-refractivity contribution is 5.47. The van der Waals surface area contributed by atoms with E-state index in [9.17, 15) is 0 Å². The molecule has 1 aromatic rings. The van der Waals surface area contributed by atoms with Gasteiger partial charge in [-0.3, -0.25) is 0 Å². The smallest absolute Gasteiger partial charge is 0.122 e. The molecule has 1 N–H and O–H groups in total. The van der Waals surface area contributed by atoms with Crippen LogP contribution in [0.5, 0.6) is 5.75 Å². The Labute approximate surface area is 77.2 Å². The number of nitriles is 1. The first-order chi connectivity index (χ1) is 6.22. The van der Waals surface area contributed by atoms with E-state index < -0.39 is 0 Å². The number of methoxy groups -OCH3 is 1. The molecule has 0 amide bonds. The van der Waals surface area contributed by atoms with Crippen LogP contribution < -0.4 is 4.74 Å². The molecule has 0 aliphatic heterocycles. The van der Waals surface area contributed by atoms with Crippen molar-refractivity contribution in [2.45, 2.75) is 13.5 Å². The summed E-state index contributed by atoms with van der Waals surface area (Å²) in [5, 5.41) is 17.7. The molecule has 3 heteroatoms. The first kappa shape index (κ1) is 9.56. The first-order valence-electron chi connectivity index (χ1n) is 3.91. The van der Waals surface area contributed by atoms with Gasteiger partial charge in [-0.05, 0) is 30.2 Å². The zero-order valence-corrected chi connectivity index (χ0v) is 7.66. The first-order valence-corrected chi connectivity index (χ1v) is 3.91. The second-order valence-corrected chi connectivity index (χ2v) is 2.75. The summed E-state index contributed by atoms with van der Waals surface area (Å²) in [6.07, 6.45) is 0. The number of ether oxygens (including phenoxy) is 1. The van der Waals surface area contributed by atoms with Crippen molar-refractivity contribution in [3.63, 3.8) is 0 Å². The molecule has 0 radical (unpaired) electrons. The zero-order chi connectivity index (χ0) is 9.84. The molecule has 3 nitrogen and oxygen atoms in total. The summed E-state index contributed by atoms with van der Waals surface area (Å²) in [7, 11) is 1.57. The van der Waals surface area contributed by atoms with Crippen LogP contribution in [0.15, 0.2) is 12.1 Å². The van der Waals surface area contributed by atoms with Gasteiger partial charge in [0.2, 0.25) is 0 Å². The molecular weight excluding hydrogens is 166 g/mol. The molecule has 0 spiro atoms. The van der Waals surface area contributed by atoms with Gasteiger partial charge in [-0.1, -0.05) is 0 Å². The predicted octanol–water partition coefficient (Wildman–Crippen LogP) is 1.37. The highest BCUT2D eigenvalue weighted by atomic mass is 16.5. The minimum Gasteiger partial charge on any atom is -0.496 e. The van der Waals surface area contributed by atoms with E-state index >= 15 is 0 Å². The minimum atomic E-state index is -0.139. The van der Waals surface area contributed by atoms with Crippen LogP contribution in [0.25, 0.3) is 0 Å². The van der Waals surface area contributed by atoms with E-state index in [-0.39, 0.29) is 6.61 Å². The van der Waals surface area contributed by atoms with Crippen LogP contribution in [0.2, 0.25) is 0 Å². The molecule has 0 aliphatic rings. The number of aliphatic hydroxyl groups is 1. The molecule has 0 saturated carbocycles. The fourth-order valence-corrected chi connectivity index (χ4v) is 1.18. The lowest BCUT2D eigenvalue weighted by Crippen LogP contribution is -1.94. The van der Waals surface area contributed by atoms with E-state index in [0.717, 1.165) is 5.56 Å². The maximum Gasteiger partial charge on any atom is 0.122 e. The maximum atomic E-state index is 8.95. The van der Waals surface area contributed by atoms with Crippen LogP contribution in [-0.4, -0.2) is 12.2 Å². The molecule has 0 heterocycles. The zero-order valence-electron chi connectivity index (χ0n) is 7.66. The largest absolute Gasteiger partial charge is 0.496 e. The highest BCUT2D eigenvalue weighted by Crippen LogP contribution is 2.22. The van der Waals surface area contributed by atoms with Gasteiger partial charge in [-0.2, -0.15) is 5.26 Å². The van der Waals surface area contributed by atoms with Crippen molar-refractivity contribution in [3.05, 3.63) is 28.8 Å². The van der Waals surface area contributed by atoms with E-state index in [1.807, 2.05) is 13.0 Å². The third-order valence-corrected chi connectivity index (χ3v) is 1.91. The third-order valence-electron chi connectivity index (χ3n) is 1.91. The van der Waals surface area contributed by atoms with Gasteiger partial charge in [-0.25, -0.2) is 0 Å². The lowest BCUT2D eigenvalue weighted by atomic mass is 10.1. The molecular formula is C10H11NO2. The summed E-state index contributed by atoms with van der Waals surface area (Å²) in [6, 6.07) is 5.42. The van der Waals surface area contributed by atoms with Crippen molar-refractivity contribution in [2.24, 2.45) is 0 Å². The Morgan fingerprint density at radius 2 is 2.23 bits per heavy atom. The molecule has 0 aliphatic carbocycles. The Bertz CT molecular complexity index is 353. The summed E-state index contributed by atoms with van der Waals surface area (Å²) < 4.78 is 5.07. The van der Waals surface area contributed by atoms with Gasteiger partial charge in [0, 0.05) is 0 Å². The summed E-state index contributed by atoms with van der Waals surface area (Å²) in [5.74, 6) is 0.697. The molecule has 13 heavy (non-hydrogen) atoms. The fraction of sp³-hybridized carbons (Fsp3) is 0.300. The van der Waals surface area contributed by atoms with Crippen molar-refractivity contribution in [1.29, 1.82) is 5.26 Å². The summed E-state index contributed by atoms with van der Waals surface area (Å²) in [5.41, 5.74) is 2.00. The molecule has 0 atom stereocenters. The van der Waals surface area contributed by atoms with Crippen molar-refractivity contribution in [3.8, 4) is 11.8 Å². The van der Waals surface area contributed by atoms with Crippen LogP contribution >= 0.6 is 0 Å². The quantitative estimate of drug-likeness (QED) is 0.742. The monoisotopic (exact) mass is 177 g/mol. The molecule has 1 aromatic carbocycles. The summed E-state index contributed by atoms with van der Waals surface area (Å²) >= 11 is 0. The number of nitrogens with zero attached hydrogens (tertiary/aromatic N) is 1. The van der Waals surface area contributed by atoms with Crippen molar-refractivity contribution in [2.75, 3.05) is 7.11 Å². The van der Waals surface area contributed by atoms with Crippen LogP contribution in [-0.2, 0) is 6.61 Å². The Balaban J connectivity index is 3.28. The molecule has 0 unspecified atom stereocenters. The molecule has 0 fully saturated rings. The second-order valence-electron chi connectivity index (χ2n) is 2.75. The molecule has 0 aromatic heterocycles. The highest BCUT2D eigenvalue weighted by Gasteiger charge is 2.06. The topological polar surface area (TPSA) is 53.2 Å². The lowest BCUT2D eigenvalue weighted by Gasteiger charge is -2.07. The normalized spacial score (nSPS) is 9.38. The van der Waals surface area contributed by atoms with Gasteiger partial charge in [0.05, 0.1) is 25.3 Å². The summed E-state index contributed by atoms with van der Waals surface area (Å²) in [6.45, 7) is 1.72. The predicted molar refractivity (Wildman–Crippen MR) is 48.4 cm³/mol. The van der Waals surface area contributed by atoms with Crippen LogP contribution in [0, 0.1) is 18.3 Å². The van der Waals surface area contributed by atoms with Gasteiger partial charge in [0.15, 0.2) is 0 Å². The van der Waals surface area contributed by atoms with Crippen LogP contribution in [0.3, 0.4) is 0 Å². The fourth-order valence-electron chi connectivity index (χ4n) is 1.18. The average Bonchev–Trinajstić information content (AvgIpc) is 2.17. The van der Waals surface area contributed by atoms with Gasteiger partial charge >= 0.3 is 0 Å². The Morgan fingerprint density at radius 1 is 1.54 bits per heavy atom. The van der Waals surface area contributed by atoms with Gasteiger partial charge in [0.25, 0.3) is 0 Å². The SMILES string of the molecule is COc1cc(CO)c(C#N)cc1C. The standard InChI is InChI=1S/C10H11NO2/c1-7-3-8(5-11)9(6-12)4-10(7)13-2/h3-4,12H,6H2,1-2H3. The Morgan fingerprint density at radius 3 is 2.69 bits per heavy atom. The summed E-state index contributed by atoms with van der Waals surface area (Å²) in [4.78, 5) is 0. The van der Waals surface area contributed by atoms with E-state index in [0.29, 0.717) is 16.9 Å². The average molecular weight is 177 g/mol. The maximum absolute atomic E-state index is 8.95. The second kappa shape index (κ2) is 3.92. The van der Waals surface area contributed by atoms with Crippen molar-refractivity contribution >= 4 is 0 Å².